The van der Waals surface area contributed by atoms with E-state index in [1.165, 1.54) is 12.3 Å². The zero-order valence-corrected chi connectivity index (χ0v) is 24.2. The second kappa shape index (κ2) is 11.9. The second-order valence-electron chi connectivity index (χ2n) is 10.4. The van der Waals surface area contributed by atoms with E-state index < -0.39 is 11.5 Å². The first-order valence-electron chi connectivity index (χ1n) is 13.8. The number of hydrogen-bond acceptors (Lipinski definition) is 8. The number of H-pyrrole nitrogens is 1. The minimum Gasteiger partial charge on any atom is -0.491 e. The molecule has 1 saturated heterocycles. The highest BCUT2D eigenvalue weighted by molar-refractivity contribution is 6.36. The molecule has 4 heterocycles. The van der Waals surface area contributed by atoms with Gasteiger partial charge in [-0.3, -0.25) is 14.4 Å². The largest absolute Gasteiger partial charge is 0.491 e. The van der Waals surface area contributed by atoms with Crippen LogP contribution in [0.15, 0.2) is 59.5 Å². The van der Waals surface area contributed by atoms with Crippen molar-refractivity contribution < 1.29 is 19.1 Å². The fraction of sp³-hybridized carbons (Fsp3) is 0.258. The van der Waals surface area contributed by atoms with Crippen LogP contribution in [0, 0.1) is 6.92 Å². The molecule has 4 aromatic rings. The third kappa shape index (κ3) is 5.56. The molecule has 0 saturated carbocycles. The maximum Gasteiger partial charge on any atom is 0.277 e. The van der Waals surface area contributed by atoms with Crippen LogP contribution in [0.1, 0.15) is 40.4 Å². The van der Waals surface area contributed by atoms with Gasteiger partial charge in [-0.2, -0.15) is 5.10 Å². The van der Waals surface area contributed by atoms with Crippen molar-refractivity contribution in [1.29, 1.82) is 0 Å². The number of anilines is 1. The van der Waals surface area contributed by atoms with Gasteiger partial charge in [0.05, 0.1) is 29.4 Å². The van der Waals surface area contributed by atoms with Crippen molar-refractivity contribution in [2.24, 2.45) is 0 Å². The Morgan fingerprint density at radius 2 is 1.93 bits per heavy atom. The van der Waals surface area contributed by atoms with Crippen LogP contribution < -0.4 is 31.0 Å². The van der Waals surface area contributed by atoms with Crippen molar-refractivity contribution in [3.63, 3.8) is 0 Å². The van der Waals surface area contributed by atoms with Gasteiger partial charge in [0.2, 0.25) is 11.8 Å². The number of rotatable bonds is 8. The summed E-state index contributed by atoms with van der Waals surface area (Å²) in [6.07, 6.45) is 2.70. The molecule has 12 heteroatoms. The molecule has 220 valence electrons. The van der Waals surface area contributed by atoms with Gasteiger partial charge in [0.15, 0.2) is 0 Å². The molecule has 1 fully saturated rings. The Kier molecular flexibility index (Phi) is 7.83. The molecule has 0 radical (unpaired) electrons. The van der Waals surface area contributed by atoms with Crippen LogP contribution in [0.4, 0.5) is 5.69 Å². The molecule has 0 bridgehead atoms. The third-order valence-corrected chi connectivity index (χ3v) is 8.15. The summed E-state index contributed by atoms with van der Waals surface area (Å²) < 4.78 is 11.7. The van der Waals surface area contributed by atoms with E-state index in [1.54, 1.807) is 13.2 Å². The average Bonchev–Trinajstić information content (AvgIpc) is 3.62. The normalized spacial score (nSPS) is 17.2. The number of nitrogens with zero attached hydrogens (tertiary/aromatic N) is 2. The second-order valence-corrected chi connectivity index (χ2v) is 10.8. The molecule has 11 nitrogen and oxygen atoms in total. The van der Waals surface area contributed by atoms with Gasteiger partial charge in [0, 0.05) is 48.1 Å². The molecule has 4 N–H and O–H groups in total. The lowest BCUT2D eigenvalue weighted by molar-refractivity contribution is -0.119. The number of aromatic nitrogens is 3. The summed E-state index contributed by atoms with van der Waals surface area (Å²) in [5.41, 5.74) is 4.36. The average molecular weight is 601 g/mol. The highest BCUT2D eigenvalue weighted by Crippen LogP contribution is 2.44. The lowest BCUT2D eigenvalue weighted by Crippen LogP contribution is -2.37. The monoisotopic (exact) mass is 600 g/mol. The Balaban J connectivity index is 1.29. The van der Waals surface area contributed by atoms with E-state index in [4.69, 9.17) is 26.1 Å². The number of fused-ring (bicyclic) bond motifs is 1. The van der Waals surface area contributed by atoms with Crippen LogP contribution in [0.3, 0.4) is 0 Å². The quantitative estimate of drug-likeness (QED) is 0.237. The van der Waals surface area contributed by atoms with E-state index in [2.05, 4.69) is 26.1 Å². The van der Waals surface area contributed by atoms with Crippen LogP contribution >= 0.6 is 11.6 Å². The van der Waals surface area contributed by atoms with E-state index >= 15 is 0 Å². The number of nitrogens with one attached hydrogen (secondary N) is 4. The predicted molar refractivity (Wildman–Crippen MR) is 162 cm³/mol. The summed E-state index contributed by atoms with van der Waals surface area (Å²) in [4.78, 5) is 41.2. The molecule has 0 aliphatic carbocycles. The Labute approximate surface area is 252 Å². The molecule has 2 aliphatic heterocycles. The fourth-order valence-corrected chi connectivity index (χ4v) is 5.81. The van der Waals surface area contributed by atoms with Crippen LogP contribution in [0.25, 0.3) is 22.4 Å². The number of ether oxygens (including phenoxy) is 2. The predicted octanol–water partition coefficient (Wildman–Crippen LogP) is 4.02. The molecule has 2 atom stereocenters. The van der Waals surface area contributed by atoms with Crippen LogP contribution in [0.5, 0.6) is 11.6 Å². The van der Waals surface area contributed by atoms with E-state index in [0.717, 1.165) is 28.7 Å². The first-order valence-corrected chi connectivity index (χ1v) is 14.2. The van der Waals surface area contributed by atoms with Gasteiger partial charge in [-0.25, -0.2) is 10.1 Å². The molecular formula is C31H29ClN6O5. The van der Waals surface area contributed by atoms with Gasteiger partial charge in [-0.05, 0) is 36.6 Å². The number of hydrogen-bond donors (Lipinski definition) is 4. The highest BCUT2D eigenvalue weighted by atomic mass is 35.5. The number of amides is 2. The van der Waals surface area contributed by atoms with Crippen LogP contribution in [-0.2, 0) is 4.79 Å². The maximum absolute atomic E-state index is 12.8. The highest BCUT2D eigenvalue weighted by Gasteiger charge is 2.32. The SMILES string of the molecule is COc1nc(-c2cccc(-c3cccc(NC(=O)c4ccn[nH]c4=O)c3C)c2Cl)cc2c1[C@@H](NC[C@@H]1CCC(=O)N1)CO2. The Morgan fingerprint density at radius 3 is 2.70 bits per heavy atom. The van der Waals surface area contributed by atoms with Gasteiger partial charge < -0.3 is 25.4 Å². The summed E-state index contributed by atoms with van der Waals surface area (Å²) in [5, 5.41) is 15.6. The number of benzene rings is 2. The Bertz CT molecular complexity index is 1790. The van der Waals surface area contributed by atoms with Crippen molar-refractivity contribution in [1.82, 2.24) is 25.8 Å². The molecule has 2 aromatic carbocycles. The fourth-order valence-electron chi connectivity index (χ4n) is 5.49. The zero-order chi connectivity index (χ0) is 30.1. The van der Waals surface area contributed by atoms with Gasteiger partial charge in [0.1, 0.15) is 17.9 Å². The number of methoxy groups -OCH3 is 1. The molecule has 2 amide bonds. The van der Waals surface area contributed by atoms with E-state index in [9.17, 15) is 14.4 Å². The number of aromatic amines is 1. The topological polar surface area (TPSA) is 147 Å². The zero-order valence-electron chi connectivity index (χ0n) is 23.5. The summed E-state index contributed by atoms with van der Waals surface area (Å²) in [7, 11) is 1.57. The van der Waals surface area contributed by atoms with Crippen LogP contribution in [-0.4, -0.2) is 53.3 Å². The van der Waals surface area contributed by atoms with Gasteiger partial charge in [0.25, 0.3) is 11.5 Å². The molecule has 0 spiro atoms. The molecule has 0 unspecified atom stereocenters. The lowest BCUT2D eigenvalue weighted by Gasteiger charge is -2.18. The van der Waals surface area contributed by atoms with E-state index in [1.807, 2.05) is 43.3 Å². The van der Waals surface area contributed by atoms with Crippen LogP contribution in [0.2, 0.25) is 5.02 Å². The first kappa shape index (κ1) is 28.4. The summed E-state index contributed by atoms with van der Waals surface area (Å²) in [5.74, 6) is 0.625. The molecule has 2 aliphatic rings. The van der Waals surface area contributed by atoms with E-state index in [-0.39, 0.29) is 23.6 Å². The standard InChI is InChI=1S/C31H29ClN6O5/c1-16-18(5-4-8-22(16)36-29(40)21-11-12-34-38-30(21)41)19-6-3-7-20(28(19)32)23-13-25-27(31(37-23)42-2)24(15-43-25)33-14-17-9-10-26(39)35-17/h3-8,11-13,17,24,33H,9-10,14-15H2,1-2H3,(H,35,39)(H,36,40)(H,38,41)/t17-,24-/m0/s1. The van der Waals surface area contributed by atoms with Crippen molar-refractivity contribution in [3.8, 4) is 34.0 Å². The Hall–Kier alpha value is -4.74. The Morgan fingerprint density at radius 1 is 1.14 bits per heavy atom. The number of carbonyl (C=O) groups excluding carboxylic acids is 2. The smallest absolute Gasteiger partial charge is 0.277 e. The minimum atomic E-state index is -0.574. The summed E-state index contributed by atoms with van der Waals surface area (Å²) in [6, 6.07) is 14.3. The van der Waals surface area contributed by atoms with Gasteiger partial charge in [-0.1, -0.05) is 41.9 Å². The van der Waals surface area contributed by atoms with Crippen molar-refractivity contribution >= 4 is 29.1 Å². The summed E-state index contributed by atoms with van der Waals surface area (Å²) >= 11 is 7.03. The van der Waals surface area contributed by atoms with Gasteiger partial charge in [-0.15, -0.1) is 0 Å². The summed E-state index contributed by atoms with van der Waals surface area (Å²) in [6.45, 7) is 2.91. The molecular weight excluding hydrogens is 572 g/mol. The maximum atomic E-state index is 12.8. The first-order chi connectivity index (χ1) is 20.8. The molecule has 2 aromatic heterocycles. The van der Waals surface area contributed by atoms with Gasteiger partial charge >= 0.3 is 0 Å². The minimum absolute atomic E-state index is 0.0403. The number of carbonyl (C=O) groups is 2. The lowest BCUT2D eigenvalue weighted by atomic mass is 9.96. The number of halogens is 1. The van der Waals surface area contributed by atoms with Crippen molar-refractivity contribution in [2.45, 2.75) is 31.8 Å². The molecule has 43 heavy (non-hydrogen) atoms. The van der Waals surface area contributed by atoms with Crippen molar-refractivity contribution in [2.75, 3.05) is 25.6 Å². The molecule has 6 rings (SSSR count). The number of pyridine rings is 1. The van der Waals surface area contributed by atoms with Crippen molar-refractivity contribution in [3.05, 3.63) is 86.8 Å². The third-order valence-electron chi connectivity index (χ3n) is 7.75. The van der Waals surface area contributed by atoms with E-state index in [0.29, 0.717) is 53.2 Å².